The molecular weight excluding hydrogens is 443 g/mol. The van der Waals surface area contributed by atoms with E-state index < -0.39 is 39.1 Å². The SMILES string of the molecule is C=C1C(=O)N(S(=O)(=O)c2ccc(C)cc2)[C@]2(c3ccc(C(F)(F)F)cc3)C=CC(=O)C[C@H]12. The summed E-state index contributed by atoms with van der Waals surface area (Å²) in [5.41, 5.74) is -1.75. The molecule has 1 heterocycles. The van der Waals surface area contributed by atoms with Gasteiger partial charge in [-0.15, -0.1) is 0 Å². The zero-order chi connectivity index (χ0) is 23.5. The van der Waals surface area contributed by atoms with Gasteiger partial charge >= 0.3 is 6.18 Å². The van der Waals surface area contributed by atoms with Crippen molar-refractivity contribution < 1.29 is 31.2 Å². The molecule has 0 radical (unpaired) electrons. The zero-order valence-electron chi connectivity index (χ0n) is 16.9. The molecule has 1 saturated heterocycles. The highest BCUT2D eigenvalue weighted by atomic mass is 32.2. The third-order valence-electron chi connectivity index (χ3n) is 5.91. The highest BCUT2D eigenvalue weighted by Gasteiger charge is 2.61. The van der Waals surface area contributed by atoms with E-state index in [1.54, 1.807) is 19.1 Å². The number of ketones is 1. The van der Waals surface area contributed by atoms with E-state index in [1.165, 1.54) is 18.2 Å². The van der Waals surface area contributed by atoms with Crippen molar-refractivity contribution in [3.63, 3.8) is 0 Å². The van der Waals surface area contributed by atoms with Crippen LogP contribution in [0.1, 0.15) is 23.1 Å². The molecule has 5 nitrogen and oxygen atoms in total. The summed E-state index contributed by atoms with van der Waals surface area (Å²) in [5, 5.41) is 0. The Kier molecular flexibility index (Phi) is 4.93. The molecule has 1 amide bonds. The van der Waals surface area contributed by atoms with Crippen molar-refractivity contribution in [2.75, 3.05) is 0 Å². The number of rotatable bonds is 3. The van der Waals surface area contributed by atoms with Gasteiger partial charge in [0.1, 0.15) is 5.54 Å². The van der Waals surface area contributed by atoms with Crippen molar-refractivity contribution in [2.45, 2.75) is 30.0 Å². The third kappa shape index (κ3) is 3.19. The quantitative estimate of drug-likeness (QED) is 0.644. The lowest BCUT2D eigenvalue weighted by atomic mass is 9.72. The largest absolute Gasteiger partial charge is 0.416 e. The minimum Gasteiger partial charge on any atom is -0.295 e. The molecule has 0 spiro atoms. The number of nitrogens with zero attached hydrogens (tertiary/aromatic N) is 1. The first kappa shape index (κ1) is 22.0. The first-order valence-electron chi connectivity index (χ1n) is 9.64. The molecule has 4 rings (SSSR count). The van der Waals surface area contributed by atoms with E-state index in [0.29, 0.717) is 4.31 Å². The molecule has 1 aliphatic heterocycles. The Hall–Kier alpha value is -3.20. The molecule has 0 saturated carbocycles. The zero-order valence-corrected chi connectivity index (χ0v) is 17.7. The van der Waals surface area contributed by atoms with Gasteiger partial charge < -0.3 is 0 Å². The molecule has 0 N–H and O–H groups in total. The maximum atomic E-state index is 13.6. The van der Waals surface area contributed by atoms with E-state index in [1.807, 2.05) is 0 Å². The second kappa shape index (κ2) is 7.16. The van der Waals surface area contributed by atoms with E-state index >= 15 is 0 Å². The van der Waals surface area contributed by atoms with E-state index in [4.69, 9.17) is 0 Å². The Morgan fingerprint density at radius 3 is 2.19 bits per heavy atom. The first-order chi connectivity index (χ1) is 14.9. The number of allylic oxidation sites excluding steroid dienone is 1. The van der Waals surface area contributed by atoms with Gasteiger partial charge in [-0.3, -0.25) is 9.59 Å². The van der Waals surface area contributed by atoms with Crippen LogP contribution in [0.5, 0.6) is 0 Å². The van der Waals surface area contributed by atoms with Crippen molar-refractivity contribution in [1.82, 2.24) is 4.31 Å². The summed E-state index contributed by atoms with van der Waals surface area (Å²) in [4.78, 5) is 25.2. The molecule has 2 atom stereocenters. The van der Waals surface area contributed by atoms with E-state index in [-0.39, 0.29) is 28.2 Å². The lowest BCUT2D eigenvalue weighted by Gasteiger charge is -2.40. The summed E-state index contributed by atoms with van der Waals surface area (Å²) in [6.45, 7) is 5.50. The van der Waals surface area contributed by atoms with Crippen LogP contribution in [-0.4, -0.2) is 24.4 Å². The van der Waals surface area contributed by atoms with Crippen LogP contribution in [0.15, 0.2) is 77.7 Å². The molecule has 32 heavy (non-hydrogen) atoms. The van der Waals surface area contributed by atoms with Crippen LogP contribution in [0.3, 0.4) is 0 Å². The van der Waals surface area contributed by atoms with Gasteiger partial charge in [-0.2, -0.15) is 13.2 Å². The summed E-state index contributed by atoms with van der Waals surface area (Å²) in [5.74, 6) is -2.17. The molecule has 166 valence electrons. The Bertz CT molecular complexity index is 1260. The predicted molar refractivity (Wildman–Crippen MR) is 110 cm³/mol. The molecule has 2 aromatic rings. The fourth-order valence-corrected chi connectivity index (χ4v) is 5.99. The number of aryl methyl sites for hydroxylation is 1. The number of carbonyl (C=O) groups is 2. The van der Waals surface area contributed by atoms with Crippen molar-refractivity contribution >= 4 is 21.7 Å². The topological polar surface area (TPSA) is 71.5 Å². The summed E-state index contributed by atoms with van der Waals surface area (Å²) in [6, 6.07) is 9.79. The molecule has 1 aliphatic carbocycles. The third-order valence-corrected chi connectivity index (χ3v) is 7.73. The van der Waals surface area contributed by atoms with Crippen LogP contribution >= 0.6 is 0 Å². The molecule has 0 bridgehead atoms. The lowest BCUT2D eigenvalue weighted by Crippen LogP contribution is -2.50. The fourth-order valence-electron chi connectivity index (χ4n) is 4.27. The average molecular weight is 461 g/mol. The number of sulfonamides is 1. The number of benzene rings is 2. The summed E-state index contributed by atoms with van der Waals surface area (Å²) >= 11 is 0. The van der Waals surface area contributed by atoms with Gasteiger partial charge in [-0.25, -0.2) is 12.7 Å². The van der Waals surface area contributed by atoms with E-state index in [9.17, 15) is 31.2 Å². The highest BCUT2D eigenvalue weighted by Crippen LogP contribution is 2.53. The fraction of sp³-hybridized carbons (Fsp3) is 0.217. The van der Waals surface area contributed by atoms with Crippen LogP contribution in [0.2, 0.25) is 0 Å². The van der Waals surface area contributed by atoms with E-state index in [2.05, 4.69) is 6.58 Å². The van der Waals surface area contributed by atoms with Crippen LogP contribution < -0.4 is 0 Å². The Balaban J connectivity index is 1.97. The van der Waals surface area contributed by atoms with Gasteiger partial charge in [-0.05, 0) is 48.9 Å². The number of hydrogen-bond acceptors (Lipinski definition) is 4. The van der Waals surface area contributed by atoms with Crippen LogP contribution in [0.25, 0.3) is 0 Å². The lowest BCUT2D eigenvalue weighted by molar-refractivity contribution is -0.137. The second-order valence-electron chi connectivity index (χ2n) is 7.87. The van der Waals surface area contributed by atoms with Crippen LogP contribution in [0.4, 0.5) is 13.2 Å². The van der Waals surface area contributed by atoms with Crippen LogP contribution in [-0.2, 0) is 31.3 Å². The molecule has 0 unspecified atom stereocenters. The van der Waals surface area contributed by atoms with Gasteiger partial charge in [0.25, 0.3) is 15.9 Å². The maximum absolute atomic E-state index is 13.6. The maximum Gasteiger partial charge on any atom is 0.416 e. The molecule has 9 heteroatoms. The van der Waals surface area contributed by atoms with Crippen molar-refractivity contribution in [2.24, 2.45) is 5.92 Å². The van der Waals surface area contributed by atoms with Gasteiger partial charge in [-0.1, -0.05) is 36.4 Å². The average Bonchev–Trinajstić information content (AvgIpc) is 2.96. The van der Waals surface area contributed by atoms with Gasteiger partial charge in [0.2, 0.25) is 0 Å². The van der Waals surface area contributed by atoms with Crippen molar-refractivity contribution in [3.05, 3.63) is 89.5 Å². The molecule has 1 fully saturated rings. The van der Waals surface area contributed by atoms with Crippen LogP contribution in [0, 0.1) is 12.8 Å². The Labute approximate surface area is 182 Å². The monoisotopic (exact) mass is 461 g/mol. The first-order valence-corrected chi connectivity index (χ1v) is 11.1. The molecule has 0 aromatic heterocycles. The number of carbonyl (C=O) groups excluding carboxylic acids is 2. The number of hydrogen-bond donors (Lipinski definition) is 0. The van der Waals surface area contributed by atoms with E-state index in [0.717, 1.165) is 35.9 Å². The molecular formula is C23H18F3NO4S. The van der Waals surface area contributed by atoms with Gasteiger partial charge in [0.05, 0.1) is 10.5 Å². The minimum atomic E-state index is -4.59. The minimum absolute atomic E-state index is 0.0849. The molecule has 2 aliphatic rings. The second-order valence-corrected chi connectivity index (χ2v) is 9.66. The number of amides is 1. The molecule has 2 aromatic carbocycles. The summed E-state index contributed by atoms with van der Waals surface area (Å²) in [6.07, 6.45) is -2.33. The number of alkyl halides is 3. The van der Waals surface area contributed by atoms with Gasteiger partial charge in [0, 0.05) is 17.9 Å². The standard InChI is InChI=1S/C23H18F3NO4S/c1-14-3-9-19(10-4-14)32(30,31)27-21(29)15(2)20-13-18(28)11-12-22(20,27)16-5-7-17(8-6-16)23(24,25)26/h3-12,20H,2,13H2,1H3/t20-,22+/m1/s1. The highest BCUT2D eigenvalue weighted by molar-refractivity contribution is 7.89. The Morgan fingerprint density at radius 2 is 1.62 bits per heavy atom. The number of fused-ring (bicyclic) bond motifs is 1. The van der Waals surface area contributed by atoms with Crippen molar-refractivity contribution in [3.8, 4) is 0 Å². The summed E-state index contributed by atoms with van der Waals surface area (Å²) < 4.78 is 67.1. The Morgan fingerprint density at radius 1 is 1.03 bits per heavy atom. The van der Waals surface area contributed by atoms with Gasteiger partial charge in [0.15, 0.2) is 5.78 Å². The smallest absolute Gasteiger partial charge is 0.295 e. The normalized spacial score (nSPS) is 23.6. The predicted octanol–water partition coefficient (Wildman–Crippen LogP) is 4.14. The summed E-state index contributed by atoms with van der Waals surface area (Å²) in [7, 11) is -4.43. The number of halogens is 3. The van der Waals surface area contributed by atoms with Crippen molar-refractivity contribution in [1.29, 1.82) is 0 Å².